The molecule has 0 bridgehead atoms. The third-order valence-corrected chi connectivity index (χ3v) is 0. The van der Waals surface area contributed by atoms with Gasteiger partial charge in [0.15, 0.2) is 0 Å². The molecule has 0 rings (SSSR count). The molecule has 4 nitrogen and oxygen atoms in total. The summed E-state index contributed by atoms with van der Waals surface area (Å²) in [6.07, 6.45) is 0. The molecule has 0 saturated carbocycles. The molecular weight excluding hydrogens is 165 g/mol. The zero-order chi connectivity index (χ0) is 3.58. The molecule has 0 aromatic heterocycles. The summed E-state index contributed by atoms with van der Waals surface area (Å²) in [6.45, 7) is 0. The first-order valence-electron chi connectivity index (χ1n) is 0.707. The maximum atomic E-state index is 8.42. The van der Waals surface area contributed by atoms with Crippen LogP contribution in [-0.4, -0.2) is 35.9 Å². The van der Waals surface area contributed by atoms with E-state index in [2.05, 4.69) is 0 Å². The van der Waals surface area contributed by atoms with Crippen molar-refractivity contribution < 1.29 is 40.0 Å². The van der Waals surface area contributed by atoms with Crippen LogP contribution < -0.4 is 15.1 Å². The van der Waals surface area contributed by atoms with Gasteiger partial charge in [0, 0.05) is 0 Å². The number of hydrogen-bond acceptors (Lipinski definition) is 4. The molecule has 0 heterocycles. The molecule has 0 aromatic rings. The second kappa shape index (κ2) is 15.7. The summed E-state index contributed by atoms with van der Waals surface area (Å²) in [5.41, 5.74) is 0. The van der Waals surface area contributed by atoms with Crippen molar-refractivity contribution in [2.75, 3.05) is 0 Å². The predicted molar refractivity (Wildman–Crippen MR) is 13.4 cm³/mol. The molecule has 0 atom stereocenters. The van der Waals surface area contributed by atoms with Crippen molar-refractivity contribution in [3.05, 3.63) is 0 Å². The molecule has 0 fully saturated rings. The van der Waals surface area contributed by atoms with Gasteiger partial charge in [-0.2, -0.15) is 0 Å². The van der Waals surface area contributed by atoms with Gasteiger partial charge in [0.25, 0.3) is 0 Å². The molecule has 0 aromatic carbocycles. The van der Waals surface area contributed by atoms with Crippen LogP contribution in [0.5, 0.6) is 0 Å². The minimum Gasteiger partial charge on any atom is -0.907 e. The fourth-order valence-corrected chi connectivity index (χ4v) is 0. The molecule has 1 N–H and O–H groups in total. The van der Waals surface area contributed by atoms with Gasteiger partial charge in [-0.15, -0.1) is 0 Å². The quantitative estimate of drug-likeness (QED) is 0.338. The van der Waals surface area contributed by atoms with Gasteiger partial charge in [0.05, 0.1) is 0 Å². The van der Waals surface area contributed by atoms with Gasteiger partial charge in [-0.1, -0.05) is 0 Å². The SMILES string of the molecule is [Mg+2].[O-]B([O-])[O-].[OH-].[Zn+2]. The summed E-state index contributed by atoms with van der Waals surface area (Å²) in [5.74, 6) is 0. The van der Waals surface area contributed by atoms with Crippen molar-refractivity contribution in [2.45, 2.75) is 0 Å². The van der Waals surface area contributed by atoms with E-state index in [1.807, 2.05) is 0 Å². The average Bonchev–Trinajstić information content (AvgIpc) is 0.811. The van der Waals surface area contributed by atoms with Gasteiger partial charge in [0.1, 0.15) is 0 Å². The van der Waals surface area contributed by atoms with Crippen LogP contribution >= 0.6 is 0 Å². The van der Waals surface area contributed by atoms with E-state index in [1.54, 1.807) is 0 Å². The fraction of sp³-hybridized carbons (Fsp3) is 0. The molecule has 7 heteroatoms. The standard InChI is InChI=1S/BO3.Mg.H2O.Zn/c2-1(3)4;;;/h;;1H2;/q-3;+2;;+2/p-1. The van der Waals surface area contributed by atoms with E-state index in [-0.39, 0.29) is 48.0 Å². The summed E-state index contributed by atoms with van der Waals surface area (Å²) in [4.78, 5) is 0. The van der Waals surface area contributed by atoms with Gasteiger partial charge < -0.3 is 20.5 Å². The van der Waals surface area contributed by atoms with Crippen molar-refractivity contribution in [1.82, 2.24) is 0 Å². The Morgan fingerprint density at radius 2 is 1.00 bits per heavy atom. The average molecular weight is 166 g/mol. The molecule has 0 aliphatic heterocycles. The Balaban J connectivity index is -0.0000000150. The van der Waals surface area contributed by atoms with Crippen molar-refractivity contribution in [2.24, 2.45) is 0 Å². The van der Waals surface area contributed by atoms with E-state index >= 15 is 0 Å². The van der Waals surface area contributed by atoms with Crippen LogP contribution in [0.3, 0.4) is 0 Å². The second-order valence-corrected chi connectivity index (χ2v) is 0.289. The minimum atomic E-state index is -2.92. The Morgan fingerprint density at radius 3 is 1.00 bits per heavy atom. The Labute approximate surface area is 70.3 Å². The summed E-state index contributed by atoms with van der Waals surface area (Å²) >= 11 is 0. The third-order valence-electron chi connectivity index (χ3n) is 0. The third kappa shape index (κ3) is 122. The van der Waals surface area contributed by atoms with Crippen LogP contribution in [0.1, 0.15) is 0 Å². The zero-order valence-corrected chi connectivity index (χ0v) is 8.04. The molecule has 0 saturated heterocycles. The Bertz CT molecular complexity index is 16.4. The van der Waals surface area contributed by atoms with Gasteiger partial charge in [-0.05, 0) is 0 Å². The van der Waals surface area contributed by atoms with Crippen LogP contribution in [-0.2, 0) is 19.5 Å². The van der Waals surface area contributed by atoms with Crippen LogP contribution in [0, 0.1) is 0 Å². The van der Waals surface area contributed by atoms with Gasteiger partial charge in [0.2, 0.25) is 0 Å². The maximum absolute atomic E-state index is 8.42. The minimum absolute atomic E-state index is 0. The van der Waals surface area contributed by atoms with Crippen LogP contribution in [0.2, 0.25) is 0 Å². The van der Waals surface area contributed by atoms with E-state index in [0.717, 1.165) is 0 Å². The molecule has 0 aliphatic carbocycles. The van der Waals surface area contributed by atoms with Crippen molar-refractivity contribution in [3.8, 4) is 0 Å². The normalized spacial score (nSPS) is 3.86. The topological polar surface area (TPSA) is 99.2 Å². The summed E-state index contributed by atoms with van der Waals surface area (Å²) in [7, 11) is -2.92. The largest absolute Gasteiger partial charge is 2.00 e. The monoisotopic (exact) mass is 164 g/mol. The Kier molecular flexibility index (Phi) is 53.6. The first-order chi connectivity index (χ1) is 1.73. The van der Waals surface area contributed by atoms with Gasteiger partial charge in [-0.3, -0.25) is 7.32 Å². The molecule has 0 amide bonds. The molecule has 7 heavy (non-hydrogen) atoms. The van der Waals surface area contributed by atoms with Crippen LogP contribution in [0.4, 0.5) is 0 Å². The first-order valence-corrected chi connectivity index (χ1v) is 0.707. The molecule has 0 radical (unpaired) electrons. The van der Waals surface area contributed by atoms with Gasteiger partial charge >= 0.3 is 42.5 Å². The van der Waals surface area contributed by atoms with E-state index in [4.69, 9.17) is 15.1 Å². The molecule has 0 unspecified atom stereocenters. The molecule has 0 aliphatic rings. The van der Waals surface area contributed by atoms with Crippen molar-refractivity contribution in [1.29, 1.82) is 0 Å². The predicted octanol–water partition coefficient (Wildman–Crippen LogP) is -4.51. The van der Waals surface area contributed by atoms with Gasteiger partial charge in [-0.25, -0.2) is 0 Å². The maximum Gasteiger partial charge on any atom is 2.00 e. The Morgan fingerprint density at radius 1 is 1.00 bits per heavy atom. The van der Waals surface area contributed by atoms with E-state index < -0.39 is 7.32 Å². The number of rotatable bonds is 0. The molecular formula is HBMgO4Zn. The van der Waals surface area contributed by atoms with E-state index in [1.165, 1.54) is 0 Å². The van der Waals surface area contributed by atoms with E-state index in [0.29, 0.717) is 0 Å². The smallest absolute Gasteiger partial charge is 0.907 e. The Hall–Kier alpha value is 1.29. The van der Waals surface area contributed by atoms with E-state index in [9.17, 15) is 0 Å². The first kappa shape index (κ1) is 23.9. The second-order valence-electron chi connectivity index (χ2n) is 0.289. The summed E-state index contributed by atoms with van der Waals surface area (Å²) in [5, 5.41) is 25.2. The van der Waals surface area contributed by atoms with Crippen LogP contribution in [0.25, 0.3) is 0 Å². The fourth-order valence-electron chi connectivity index (χ4n) is 0. The molecule has 32 valence electrons. The summed E-state index contributed by atoms with van der Waals surface area (Å²) < 4.78 is 0. The molecule has 0 spiro atoms. The van der Waals surface area contributed by atoms with Crippen molar-refractivity contribution in [3.63, 3.8) is 0 Å². The van der Waals surface area contributed by atoms with Crippen molar-refractivity contribution >= 4 is 30.4 Å². The zero-order valence-electron chi connectivity index (χ0n) is 3.66. The van der Waals surface area contributed by atoms with Crippen LogP contribution in [0.15, 0.2) is 0 Å². The summed E-state index contributed by atoms with van der Waals surface area (Å²) in [6, 6.07) is 0. The number of hydrogen-bond donors (Lipinski definition) is 0.